The molecule has 1 aromatic carbocycles. The van der Waals surface area contributed by atoms with Crippen LogP contribution in [0.2, 0.25) is 0 Å². The van der Waals surface area contributed by atoms with Crippen LogP contribution in [-0.2, 0) is 4.79 Å². The van der Waals surface area contributed by atoms with Crippen LogP contribution >= 0.6 is 0 Å². The number of hydrogen-bond donors (Lipinski definition) is 2. The molecule has 8 nitrogen and oxygen atoms in total. The number of amides is 1. The summed E-state index contributed by atoms with van der Waals surface area (Å²) < 4.78 is 7.11. The van der Waals surface area contributed by atoms with E-state index in [9.17, 15) is 9.59 Å². The molecule has 2 heterocycles. The number of rotatable bonds is 7. The summed E-state index contributed by atoms with van der Waals surface area (Å²) in [4.78, 5) is 31.9. The summed E-state index contributed by atoms with van der Waals surface area (Å²) in [6.45, 7) is 7.61. The molecule has 2 N–H and O–H groups in total. The number of benzene rings is 1. The highest BCUT2D eigenvalue weighted by Gasteiger charge is 2.28. The molecule has 0 radical (unpaired) electrons. The maximum absolute atomic E-state index is 12.6. The van der Waals surface area contributed by atoms with E-state index in [4.69, 9.17) is 4.74 Å². The normalized spacial score (nSPS) is 13.5. The van der Waals surface area contributed by atoms with Crippen LogP contribution in [0.5, 0.6) is 5.75 Å². The molecule has 1 fully saturated rings. The van der Waals surface area contributed by atoms with E-state index >= 15 is 0 Å². The van der Waals surface area contributed by atoms with Crippen molar-refractivity contribution in [3.8, 4) is 11.7 Å². The van der Waals surface area contributed by atoms with Crippen molar-refractivity contribution in [2.24, 2.45) is 0 Å². The van der Waals surface area contributed by atoms with Gasteiger partial charge in [-0.1, -0.05) is 26.0 Å². The number of aryl methyl sites for hydroxylation is 1. The van der Waals surface area contributed by atoms with Gasteiger partial charge in [0.2, 0.25) is 5.95 Å². The average Bonchev–Trinajstić information content (AvgIpc) is 3.51. The zero-order chi connectivity index (χ0) is 22.1. The van der Waals surface area contributed by atoms with E-state index in [-0.39, 0.29) is 24.0 Å². The van der Waals surface area contributed by atoms with Gasteiger partial charge in [0, 0.05) is 23.2 Å². The summed E-state index contributed by atoms with van der Waals surface area (Å²) in [6.07, 6.45) is 2.13. The van der Waals surface area contributed by atoms with Crippen LogP contribution in [0, 0.1) is 13.8 Å². The Balaban J connectivity index is 1.51. The summed E-state index contributed by atoms with van der Waals surface area (Å²) in [7, 11) is 0. The number of carbonyl (C=O) groups excluding carboxylic acids is 1. The molecule has 162 valence electrons. The van der Waals surface area contributed by atoms with Crippen molar-refractivity contribution >= 4 is 11.7 Å². The van der Waals surface area contributed by atoms with Gasteiger partial charge in [0.05, 0.1) is 5.69 Å². The molecular weight excluding hydrogens is 394 g/mol. The van der Waals surface area contributed by atoms with E-state index in [0.29, 0.717) is 34.7 Å². The third kappa shape index (κ3) is 4.68. The Labute approximate surface area is 180 Å². The lowest BCUT2D eigenvalue weighted by Gasteiger charge is -2.11. The molecule has 1 amide bonds. The van der Waals surface area contributed by atoms with Gasteiger partial charge in [-0.05, 0) is 50.3 Å². The van der Waals surface area contributed by atoms with Gasteiger partial charge in [-0.25, -0.2) is 4.98 Å². The van der Waals surface area contributed by atoms with Gasteiger partial charge >= 0.3 is 0 Å². The standard InChI is InChI=1S/C23H27N5O3/c1-13(2)16-7-9-18(10-8-16)31-12-21(29)25-20-11-19(17-5-6-17)27-28(20)23-24-15(4)14(3)22(30)26-23/h7-11,13,17H,5-6,12H2,1-4H3,(H,25,29)(H,24,26,30). The Morgan fingerprint density at radius 2 is 1.97 bits per heavy atom. The monoisotopic (exact) mass is 421 g/mol. The lowest BCUT2D eigenvalue weighted by atomic mass is 10.0. The van der Waals surface area contributed by atoms with Crippen LogP contribution in [0.15, 0.2) is 35.1 Å². The van der Waals surface area contributed by atoms with Gasteiger partial charge < -0.3 is 10.1 Å². The Morgan fingerprint density at radius 3 is 2.58 bits per heavy atom. The van der Waals surface area contributed by atoms with Crippen molar-refractivity contribution < 1.29 is 9.53 Å². The van der Waals surface area contributed by atoms with Gasteiger partial charge in [-0.2, -0.15) is 9.78 Å². The number of aromatic amines is 1. The SMILES string of the molecule is Cc1nc(-n2nc(C3CC3)cc2NC(=O)COc2ccc(C(C)C)cc2)[nH]c(=O)c1C. The van der Waals surface area contributed by atoms with Crippen LogP contribution in [0.25, 0.3) is 5.95 Å². The molecule has 0 saturated heterocycles. The first-order chi connectivity index (χ1) is 14.8. The van der Waals surface area contributed by atoms with Crippen LogP contribution in [0.3, 0.4) is 0 Å². The Hall–Kier alpha value is -3.42. The first-order valence-corrected chi connectivity index (χ1v) is 10.5. The number of anilines is 1. The molecule has 0 unspecified atom stereocenters. The Bertz CT molecular complexity index is 1160. The molecule has 0 atom stereocenters. The van der Waals surface area contributed by atoms with E-state index in [2.05, 4.69) is 34.2 Å². The zero-order valence-electron chi connectivity index (χ0n) is 18.2. The van der Waals surface area contributed by atoms with Crippen molar-refractivity contribution in [1.29, 1.82) is 0 Å². The van der Waals surface area contributed by atoms with Crippen molar-refractivity contribution in [2.75, 3.05) is 11.9 Å². The quantitative estimate of drug-likeness (QED) is 0.607. The summed E-state index contributed by atoms with van der Waals surface area (Å²) in [6, 6.07) is 9.55. The third-order valence-electron chi connectivity index (χ3n) is 5.49. The van der Waals surface area contributed by atoms with Gasteiger partial charge in [-0.3, -0.25) is 14.6 Å². The Kier molecular flexibility index (Phi) is 5.63. The Morgan fingerprint density at radius 1 is 1.26 bits per heavy atom. The average molecular weight is 422 g/mol. The summed E-state index contributed by atoms with van der Waals surface area (Å²) in [5, 5.41) is 7.42. The van der Waals surface area contributed by atoms with Crippen LogP contribution in [0.1, 0.15) is 61.0 Å². The van der Waals surface area contributed by atoms with E-state index in [1.165, 1.54) is 10.2 Å². The molecule has 1 aliphatic rings. The second-order valence-electron chi connectivity index (χ2n) is 8.30. The van der Waals surface area contributed by atoms with Gasteiger partial charge in [0.15, 0.2) is 6.61 Å². The summed E-state index contributed by atoms with van der Waals surface area (Å²) in [5.41, 5.74) is 3.04. The van der Waals surface area contributed by atoms with Crippen molar-refractivity contribution in [3.05, 3.63) is 63.2 Å². The number of carbonyl (C=O) groups is 1. The van der Waals surface area contributed by atoms with Gasteiger partial charge in [0.1, 0.15) is 11.6 Å². The predicted octanol–water partition coefficient (Wildman–Crippen LogP) is 3.59. The molecule has 1 saturated carbocycles. The maximum atomic E-state index is 12.6. The molecule has 0 spiro atoms. The molecule has 8 heteroatoms. The second-order valence-corrected chi connectivity index (χ2v) is 8.30. The molecule has 31 heavy (non-hydrogen) atoms. The first kappa shape index (κ1) is 20.8. The third-order valence-corrected chi connectivity index (χ3v) is 5.49. The second kappa shape index (κ2) is 8.37. The highest BCUT2D eigenvalue weighted by molar-refractivity contribution is 5.91. The molecule has 4 rings (SSSR count). The van der Waals surface area contributed by atoms with Crippen molar-refractivity contribution in [3.63, 3.8) is 0 Å². The first-order valence-electron chi connectivity index (χ1n) is 10.5. The molecule has 3 aromatic rings. The highest BCUT2D eigenvalue weighted by atomic mass is 16.5. The van der Waals surface area contributed by atoms with E-state index in [1.807, 2.05) is 30.3 Å². The largest absolute Gasteiger partial charge is 0.484 e. The smallest absolute Gasteiger partial charge is 0.263 e. The molecular formula is C23H27N5O3. The molecule has 0 aliphatic heterocycles. The fourth-order valence-electron chi connectivity index (χ4n) is 3.24. The number of aromatic nitrogens is 4. The topological polar surface area (TPSA) is 102 Å². The maximum Gasteiger partial charge on any atom is 0.263 e. The number of nitrogens with one attached hydrogen (secondary N) is 2. The molecule has 0 bridgehead atoms. The number of nitrogens with zero attached hydrogens (tertiary/aromatic N) is 3. The van der Waals surface area contributed by atoms with Crippen LogP contribution in [-0.4, -0.2) is 32.3 Å². The minimum atomic E-state index is -0.317. The van der Waals surface area contributed by atoms with Gasteiger partial charge in [0.25, 0.3) is 11.5 Å². The summed E-state index contributed by atoms with van der Waals surface area (Å²) in [5.74, 6) is 1.86. The van der Waals surface area contributed by atoms with E-state index < -0.39 is 0 Å². The molecule has 1 aliphatic carbocycles. The number of ether oxygens (including phenoxy) is 1. The summed E-state index contributed by atoms with van der Waals surface area (Å²) >= 11 is 0. The van der Waals surface area contributed by atoms with E-state index in [0.717, 1.165) is 18.5 Å². The zero-order valence-corrected chi connectivity index (χ0v) is 18.2. The van der Waals surface area contributed by atoms with E-state index in [1.54, 1.807) is 13.8 Å². The highest BCUT2D eigenvalue weighted by Crippen LogP contribution is 2.40. The lowest BCUT2D eigenvalue weighted by Crippen LogP contribution is -2.23. The molecule has 2 aromatic heterocycles. The van der Waals surface area contributed by atoms with Crippen LogP contribution < -0.4 is 15.6 Å². The van der Waals surface area contributed by atoms with Crippen LogP contribution in [0.4, 0.5) is 5.82 Å². The fourth-order valence-corrected chi connectivity index (χ4v) is 3.24. The minimum absolute atomic E-state index is 0.137. The van der Waals surface area contributed by atoms with Crippen molar-refractivity contribution in [1.82, 2.24) is 19.7 Å². The number of H-pyrrole nitrogens is 1. The predicted molar refractivity (Wildman–Crippen MR) is 118 cm³/mol. The fraction of sp³-hybridized carbons (Fsp3) is 0.391. The van der Waals surface area contributed by atoms with Crippen molar-refractivity contribution in [2.45, 2.75) is 52.4 Å². The minimum Gasteiger partial charge on any atom is -0.484 e. The number of hydrogen-bond acceptors (Lipinski definition) is 5. The van der Waals surface area contributed by atoms with Gasteiger partial charge in [-0.15, -0.1) is 0 Å². The lowest BCUT2D eigenvalue weighted by molar-refractivity contribution is -0.118.